The summed E-state index contributed by atoms with van der Waals surface area (Å²) in [6.07, 6.45) is 0. The van der Waals surface area contributed by atoms with Crippen LogP contribution >= 0.6 is 0 Å². The van der Waals surface area contributed by atoms with Crippen LogP contribution in [0, 0.1) is 0 Å². The Labute approximate surface area is 324 Å². The van der Waals surface area contributed by atoms with E-state index in [1.807, 2.05) is 42.5 Å². The molecule has 0 fully saturated rings. The smallest absolute Gasteiger partial charge is 0.164 e. The van der Waals surface area contributed by atoms with Crippen molar-refractivity contribution < 1.29 is 4.42 Å². The molecule has 1 aliphatic rings. The second-order valence-electron chi connectivity index (χ2n) is 14.4. The summed E-state index contributed by atoms with van der Waals surface area (Å²) < 4.78 is 6.71. The lowest BCUT2D eigenvalue weighted by atomic mass is 9.67. The van der Waals surface area contributed by atoms with Crippen LogP contribution in [0.1, 0.15) is 22.3 Å². The van der Waals surface area contributed by atoms with E-state index in [1.54, 1.807) is 0 Å². The molecular formula is C52H33N3O. The molecule has 0 saturated heterocycles. The summed E-state index contributed by atoms with van der Waals surface area (Å²) in [5.74, 6) is 1.86. The van der Waals surface area contributed by atoms with E-state index < -0.39 is 5.41 Å². The fourth-order valence-electron chi connectivity index (χ4n) is 8.64. The van der Waals surface area contributed by atoms with Gasteiger partial charge in [0, 0.05) is 27.5 Å². The van der Waals surface area contributed by atoms with Crippen molar-refractivity contribution in [1.29, 1.82) is 0 Å². The van der Waals surface area contributed by atoms with Crippen molar-refractivity contribution >= 4 is 21.9 Å². The molecule has 0 spiro atoms. The van der Waals surface area contributed by atoms with Gasteiger partial charge < -0.3 is 4.42 Å². The summed E-state index contributed by atoms with van der Waals surface area (Å²) in [5, 5.41) is 2.08. The van der Waals surface area contributed by atoms with Gasteiger partial charge in [0.1, 0.15) is 11.2 Å². The lowest BCUT2D eigenvalue weighted by Gasteiger charge is -2.33. The van der Waals surface area contributed by atoms with Crippen LogP contribution in [-0.4, -0.2) is 15.0 Å². The van der Waals surface area contributed by atoms with Crippen LogP contribution in [0.4, 0.5) is 0 Å². The second-order valence-corrected chi connectivity index (χ2v) is 14.4. The molecular weight excluding hydrogens is 683 g/mol. The highest BCUT2D eigenvalue weighted by molar-refractivity contribution is 6.09. The van der Waals surface area contributed by atoms with Crippen LogP contribution in [-0.2, 0) is 5.41 Å². The van der Waals surface area contributed by atoms with Crippen molar-refractivity contribution in [3.05, 3.63) is 222 Å². The summed E-state index contributed by atoms with van der Waals surface area (Å²) in [4.78, 5) is 15.1. The topological polar surface area (TPSA) is 51.8 Å². The van der Waals surface area contributed by atoms with Gasteiger partial charge in [0.15, 0.2) is 17.5 Å². The maximum Gasteiger partial charge on any atom is 0.164 e. The number of hydrogen-bond acceptors (Lipinski definition) is 4. The van der Waals surface area contributed by atoms with Crippen LogP contribution in [0.5, 0.6) is 0 Å². The van der Waals surface area contributed by atoms with Gasteiger partial charge in [-0.15, -0.1) is 0 Å². The number of fused-ring (bicyclic) bond motifs is 6. The fraction of sp³-hybridized carbons (Fsp3) is 0.0192. The molecule has 0 amide bonds. The normalized spacial score (nSPS) is 12.8. The number of hydrogen-bond donors (Lipinski definition) is 0. The third kappa shape index (κ3) is 5.04. The van der Waals surface area contributed by atoms with Gasteiger partial charge in [-0.05, 0) is 74.8 Å². The number of furan rings is 1. The van der Waals surface area contributed by atoms with Crippen LogP contribution < -0.4 is 0 Å². The van der Waals surface area contributed by atoms with Crippen molar-refractivity contribution in [2.24, 2.45) is 0 Å². The van der Waals surface area contributed by atoms with Crippen molar-refractivity contribution in [1.82, 2.24) is 15.0 Å². The first-order chi connectivity index (χ1) is 27.7. The number of aromatic nitrogens is 3. The Hall–Kier alpha value is -7.43. The van der Waals surface area contributed by atoms with Gasteiger partial charge >= 0.3 is 0 Å². The summed E-state index contributed by atoms with van der Waals surface area (Å²) in [6.45, 7) is 0. The molecule has 2 heterocycles. The predicted molar refractivity (Wildman–Crippen MR) is 226 cm³/mol. The second kappa shape index (κ2) is 12.9. The summed E-state index contributed by atoms with van der Waals surface area (Å²) in [5.41, 5.74) is 13.6. The zero-order chi connectivity index (χ0) is 37.1. The van der Waals surface area contributed by atoms with Crippen LogP contribution in [0.3, 0.4) is 0 Å². The Bertz CT molecular complexity index is 3010. The molecule has 0 unspecified atom stereocenters. The van der Waals surface area contributed by atoms with Crippen LogP contribution in [0.15, 0.2) is 205 Å². The molecule has 0 N–H and O–H groups in total. The number of rotatable bonds is 6. The minimum absolute atomic E-state index is 0.499. The van der Waals surface area contributed by atoms with Crippen LogP contribution in [0.25, 0.3) is 78.4 Å². The summed E-state index contributed by atoms with van der Waals surface area (Å²) in [6, 6.07) is 70.4. The third-order valence-electron chi connectivity index (χ3n) is 11.2. The van der Waals surface area contributed by atoms with Gasteiger partial charge in [0.25, 0.3) is 0 Å². The average molecular weight is 716 g/mol. The Morgan fingerprint density at radius 2 is 0.786 bits per heavy atom. The Kier molecular flexibility index (Phi) is 7.36. The van der Waals surface area contributed by atoms with Crippen molar-refractivity contribution in [2.45, 2.75) is 5.41 Å². The maximum atomic E-state index is 6.71. The van der Waals surface area contributed by atoms with E-state index in [0.717, 1.165) is 44.2 Å². The maximum absolute atomic E-state index is 6.71. The predicted octanol–water partition coefficient (Wildman–Crippen LogP) is 12.8. The van der Waals surface area contributed by atoms with E-state index in [9.17, 15) is 0 Å². The quantitative estimate of drug-likeness (QED) is 0.172. The van der Waals surface area contributed by atoms with E-state index >= 15 is 0 Å². The number of benzene rings is 8. The molecule has 4 nitrogen and oxygen atoms in total. The van der Waals surface area contributed by atoms with Crippen molar-refractivity contribution in [3.63, 3.8) is 0 Å². The third-order valence-corrected chi connectivity index (χ3v) is 11.2. The molecule has 262 valence electrons. The van der Waals surface area contributed by atoms with Gasteiger partial charge in [-0.25, -0.2) is 15.0 Å². The zero-order valence-electron chi connectivity index (χ0n) is 30.3. The molecule has 4 heteroatoms. The lowest BCUT2D eigenvalue weighted by Crippen LogP contribution is -2.28. The standard InChI is InChI=1S/C52H33N3O/c1-5-15-34(16-6-1)35-25-27-37(28-26-35)50-53-49(36-17-7-2-8-18-36)54-51(55-50)38-29-30-47-43(31-38)44-32-42-41-23-13-14-24-45(41)52(39-19-9-3-10-20-39,40-21-11-4-12-22-40)46(42)33-48(44)56-47/h1-33H. The Morgan fingerprint density at radius 3 is 1.43 bits per heavy atom. The van der Waals surface area contributed by atoms with E-state index in [2.05, 4.69) is 158 Å². The molecule has 0 bridgehead atoms. The zero-order valence-corrected chi connectivity index (χ0v) is 30.3. The minimum Gasteiger partial charge on any atom is -0.456 e. The lowest BCUT2D eigenvalue weighted by molar-refractivity contribution is 0.666. The van der Waals surface area contributed by atoms with Gasteiger partial charge in [-0.2, -0.15) is 0 Å². The first-order valence-corrected chi connectivity index (χ1v) is 18.9. The average Bonchev–Trinajstić information content (AvgIpc) is 3.79. The van der Waals surface area contributed by atoms with Gasteiger partial charge in [-0.3, -0.25) is 0 Å². The summed E-state index contributed by atoms with van der Waals surface area (Å²) >= 11 is 0. The molecule has 0 saturated carbocycles. The summed E-state index contributed by atoms with van der Waals surface area (Å²) in [7, 11) is 0. The molecule has 8 aromatic carbocycles. The van der Waals surface area contributed by atoms with E-state index in [1.165, 1.54) is 38.9 Å². The van der Waals surface area contributed by atoms with E-state index in [4.69, 9.17) is 19.4 Å². The molecule has 0 atom stereocenters. The first kappa shape index (κ1) is 32.0. The molecule has 10 aromatic rings. The highest BCUT2D eigenvalue weighted by Crippen LogP contribution is 2.57. The molecule has 0 aliphatic heterocycles. The molecule has 0 radical (unpaired) electrons. The highest BCUT2D eigenvalue weighted by Gasteiger charge is 2.46. The van der Waals surface area contributed by atoms with Crippen molar-refractivity contribution in [2.75, 3.05) is 0 Å². The van der Waals surface area contributed by atoms with Gasteiger partial charge in [0.05, 0.1) is 5.41 Å². The largest absolute Gasteiger partial charge is 0.456 e. The minimum atomic E-state index is -0.499. The SMILES string of the molecule is c1ccc(-c2ccc(-c3nc(-c4ccccc4)nc(-c4ccc5oc6cc7c(cc6c5c4)-c4ccccc4C7(c4ccccc4)c4ccccc4)n3)cc2)cc1. The number of nitrogens with zero attached hydrogens (tertiary/aromatic N) is 3. The van der Waals surface area contributed by atoms with E-state index in [0.29, 0.717) is 17.5 Å². The Balaban J connectivity index is 1.09. The van der Waals surface area contributed by atoms with Gasteiger partial charge in [-0.1, -0.05) is 170 Å². The van der Waals surface area contributed by atoms with Crippen molar-refractivity contribution in [3.8, 4) is 56.4 Å². The monoisotopic (exact) mass is 715 g/mol. The van der Waals surface area contributed by atoms with Crippen LogP contribution in [0.2, 0.25) is 0 Å². The highest BCUT2D eigenvalue weighted by atomic mass is 16.3. The molecule has 56 heavy (non-hydrogen) atoms. The molecule has 2 aromatic heterocycles. The molecule has 11 rings (SSSR count). The van der Waals surface area contributed by atoms with Gasteiger partial charge in [0.2, 0.25) is 0 Å². The Morgan fingerprint density at radius 1 is 0.321 bits per heavy atom. The molecule has 1 aliphatic carbocycles. The first-order valence-electron chi connectivity index (χ1n) is 18.9. The fourth-order valence-corrected chi connectivity index (χ4v) is 8.64. The van der Waals surface area contributed by atoms with E-state index in [-0.39, 0.29) is 0 Å².